The Morgan fingerprint density at radius 2 is 2.00 bits per heavy atom. The van der Waals surface area contributed by atoms with Crippen LogP contribution in [0, 0.1) is 6.92 Å². The first kappa shape index (κ1) is 18.4. The number of aromatic amines is 1. The van der Waals surface area contributed by atoms with Crippen molar-refractivity contribution in [2.75, 3.05) is 19.9 Å². The van der Waals surface area contributed by atoms with E-state index in [0.29, 0.717) is 26.1 Å². The van der Waals surface area contributed by atoms with E-state index in [1.54, 1.807) is 0 Å². The molecule has 0 saturated carbocycles. The van der Waals surface area contributed by atoms with Gasteiger partial charge in [0.2, 0.25) is 12.7 Å². The van der Waals surface area contributed by atoms with Crippen molar-refractivity contribution in [1.82, 2.24) is 9.88 Å². The van der Waals surface area contributed by atoms with Gasteiger partial charge in [0, 0.05) is 42.7 Å². The summed E-state index contributed by atoms with van der Waals surface area (Å²) in [5.41, 5.74) is 10.2. The van der Waals surface area contributed by atoms with E-state index in [9.17, 15) is 4.79 Å². The molecule has 2 aromatic carbocycles. The maximum atomic E-state index is 12.7. The molecule has 6 nitrogen and oxygen atoms in total. The molecule has 0 bridgehead atoms. The quantitative estimate of drug-likeness (QED) is 0.661. The van der Waals surface area contributed by atoms with E-state index >= 15 is 0 Å². The number of nitrogens with two attached hydrogens (primary N) is 1. The highest BCUT2D eigenvalue weighted by atomic mass is 16.7. The van der Waals surface area contributed by atoms with Crippen LogP contribution in [0.2, 0.25) is 0 Å². The summed E-state index contributed by atoms with van der Waals surface area (Å²) < 4.78 is 10.8. The SMILES string of the molecule is Cc1[nH]c2ccccc2c1CCN(Cc1ccc2c(c1)OCO2)C(=O)CCN. The van der Waals surface area contributed by atoms with E-state index < -0.39 is 0 Å². The third kappa shape index (κ3) is 3.68. The third-order valence-electron chi connectivity index (χ3n) is 5.18. The zero-order valence-corrected chi connectivity index (χ0v) is 16.0. The van der Waals surface area contributed by atoms with E-state index in [1.807, 2.05) is 35.2 Å². The van der Waals surface area contributed by atoms with Gasteiger partial charge in [0.25, 0.3) is 0 Å². The molecule has 0 saturated heterocycles. The number of benzene rings is 2. The van der Waals surface area contributed by atoms with Crippen LogP contribution in [0.5, 0.6) is 11.5 Å². The Bertz CT molecular complexity index is 996. The van der Waals surface area contributed by atoms with Crippen molar-refractivity contribution in [2.24, 2.45) is 5.73 Å². The van der Waals surface area contributed by atoms with Crippen LogP contribution in [0.3, 0.4) is 0 Å². The first-order chi connectivity index (χ1) is 13.7. The molecule has 146 valence electrons. The van der Waals surface area contributed by atoms with Gasteiger partial charge in [0.1, 0.15) is 0 Å². The number of fused-ring (bicyclic) bond motifs is 2. The first-order valence-electron chi connectivity index (χ1n) is 9.58. The van der Waals surface area contributed by atoms with Crippen LogP contribution in [0.4, 0.5) is 0 Å². The molecule has 0 aliphatic carbocycles. The van der Waals surface area contributed by atoms with E-state index in [1.165, 1.54) is 10.9 Å². The van der Waals surface area contributed by atoms with E-state index in [0.717, 1.165) is 34.7 Å². The third-order valence-corrected chi connectivity index (χ3v) is 5.18. The zero-order valence-electron chi connectivity index (χ0n) is 16.0. The zero-order chi connectivity index (χ0) is 19.5. The number of aromatic nitrogens is 1. The van der Waals surface area contributed by atoms with Gasteiger partial charge in [0.15, 0.2) is 11.5 Å². The highest BCUT2D eigenvalue weighted by Gasteiger charge is 2.18. The first-order valence-corrected chi connectivity index (χ1v) is 9.58. The van der Waals surface area contributed by atoms with Gasteiger partial charge in [0.05, 0.1) is 0 Å². The molecule has 0 spiro atoms. The molecule has 0 radical (unpaired) electrons. The van der Waals surface area contributed by atoms with Crippen LogP contribution >= 0.6 is 0 Å². The van der Waals surface area contributed by atoms with Crippen molar-refractivity contribution < 1.29 is 14.3 Å². The molecule has 1 aromatic heterocycles. The summed E-state index contributed by atoms with van der Waals surface area (Å²) in [6, 6.07) is 14.1. The molecule has 28 heavy (non-hydrogen) atoms. The topological polar surface area (TPSA) is 80.6 Å². The fraction of sp³-hybridized carbons (Fsp3) is 0.318. The maximum Gasteiger partial charge on any atom is 0.231 e. The normalized spacial score (nSPS) is 12.5. The van der Waals surface area contributed by atoms with Crippen molar-refractivity contribution >= 4 is 16.8 Å². The summed E-state index contributed by atoms with van der Waals surface area (Å²) >= 11 is 0. The number of carbonyl (C=O) groups is 1. The van der Waals surface area contributed by atoms with Gasteiger partial charge in [-0.2, -0.15) is 0 Å². The molecule has 0 atom stereocenters. The molecule has 1 aliphatic heterocycles. The Morgan fingerprint density at radius 3 is 2.86 bits per heavy atom. The molecule has 1 aliphatic rings. The summed E-state index contributed by atoms with van der Waals surface area (Å²) in [7, 11) is 0. The Morgan fingerprint density at radius 1 is 1.18 bits per heavy atom. The van der Waals surface area contributed by atoms with Crippen LogP contribution in [0.1, 0.15) is 23.2 Å². The summed E-state index contributed by atoms with van der Waals surface area (Å²) in [5, 5.41) is 1.22. The van der Waals surface area contributed by atoms with Gasteiger partial charge in [-0.1, -0.05) is 24.3 Å². The fourth-order valence-corrected chi connectivity index (χ4v) is 3.74. The number of amides is 1. The maximum absolute atomic E-state index is 12.7. The van der Waals surface area contributed by atoms with Crippen molar-refractivity contribution in [1.29, 1.82) is 0 Å². The molecule has 3 N–H and O–H groups in total. The standard InChI is InChI=1S/C22H25N3O3/c1-15-17(18-4-2-3-5-19(18)24-15)9-11-25(22(26)8-10-23)13-16-6-7-20-21(12-16)28-14-27-20/h2-7,12,24H,8-11,13-14,23H2,1H3. The average molecular weight is 379 g/mol. The van der Waals surface area contributed by atoms with Gasteiger partial charge < -0.3 is 25.1 Å². The number of aryl methyl sites for hydroxylation is 1. The molecular formula is C22H25N3O3. The van der Waals surface area contributed by atoms with Crippen LogP contribution < -0.4 is 15.2 Å². The largest absolute Gasteiger partial charge is 0.454 e. The summed E-state index contributed by atoms with van der Waals surface area (Å²) in [6.45, 7) is 3.84. The smallest absolute Gasteiger partial charge is 0.231 e. The molecule has 4 rings (SSSR count). The highest BCUT2D eigenvalue weighted by molar-refractivity contribution is 5.84. The minimum atomic E-state index is 0.0673. The van der Waals surface area contributed by atoms with Gasteiger partial charge in [-0.05, 0) is 42.7 Å². The number of ether oxygens (including phenoxy) is 2. The molecule has 0 fully saturated rings. The second-order valence-corrected chi connectivity index (χ2v) is 7.07. The van der Waals surface area contributed by atoms with Crippen LogP contribution in [0.15, 0.2) is 42.5 Å². The van der Waals surface area contributed by atoms with Crippen molar-refractivity contribution in [3.8, 4) is 11.5 Å². The Balaban J connectivity index is 1.53. The van der Waals surface area contributed by atoms with Crippen molar-refractivity contribution in [3.05, 3.63) is 59.3 Å². The molecule has 0 unspecified atom stereocenters. The Kier molecular flexibility index (Phi) is 5.21. The van der Waals surface area contributed by atoms with E-state index in [-0.39, 0.29) is 12.7 Å². The summed E-state index contributed by atoms with van der Waals surface area (Å²) in [6.07, 6.45) is 1.13. The predicted molar refractivity (Wildman–Crippen MR) is 108 cm³/mol. The average Bonchev–Trinajstić information content (AvgIpc) is 3.28. The van der Waals surface area contributed by atoms with E-state index in [2.05, 4.69) is 24.0 Å². The fourth-order valence-electron chi connectivity index (χ4n) is 3.74. The lowest BCUT2D eigenvalue weighted by Gasteiger charge is -2.23. The molecule has 1 amide bonds. The second-order valence-electron chi connectivity index (χ2n) is 7.07. The number of para-hydroxylation sites is 1. The highest BCUT2D eigenvalue weighted by Crippen LogP contribution is 2.33. The number of H-pyrrole nitrogens is 1. The molecule has 3 aromatic rings. The monoisotopic (exact) mass is 379 g/mol. The van der Waals surface area contributed by atoms with Crippen molar-refractivity contribution in [3.63, 3.8) is 0 Å². The number of hydrogen-bond acceptors (Lipinski definition) is 4. The molecule has 2 heterocycles. The summed E-state index contributed by atoms with van der Waals surface area (Å²) in [4.78, 5) is 18.0. The Labute approximate surface area is 164 Å². The van der Waals surface area contributed by atoms with Crippen LogP contribution in [-0.2, 0) is 17.8 Å². The summed E-state index contributed by atoms with van der Waals surface area (Å²) in [5.74, 6) is 1.55. The van der Waals surface area contributed by atoms with Crippen molar-refractivity contribution in [2.45, 2.75) is 26.3 Å². The number of nitrogens with zero attached hydrogens (tertiary/aromatic N) is 1. The number of nitrogens with one attached hydrogen (secondary N) is 1. The lowest BCUT2D eigenvalue weighted by atomic mass is 10.1. The molecule has 6 heteroatoms. The number of rotatable bonds is 7. The lowest BCUT2D eigenvalue weighted by Crippen LogP contribution is -2.33. The lowest BCUT2D eigenvalue weighted by molar-refractivity contribution is -0.131. The minimum Gasteiger partial charge on any atom is -0.454 e. The second kappa shape index (κ2) is 7.94. The number of hydrogen-bond donors (Lipinski definition) is 2. The van der Waals surface area contributed by atoms with Gasteiger partial charge in [-0.25, -0.2) is 0 Å². The number of carbonyl (C=O) groups excluding carboxylic acids is 1. The minimum absolute atomic E-state index is 0.0673. The Hall–Kier alpha value is -2.99. The predicted octanol–water partition coefficient (Wildman–Crippen LogP) is 3.13. The molecular weight excluding hydrogens is 354 g/mol. The van der Waals surface area contributed by atoms with Crippen LogP contribution in [-0.4, -0.2) is 35.7 Å². The van der Waals surface area contributed by atoms with Gasteiger partial charge in [-0.15, -0.1) is 0 Å². The van der Waals surface area contributed by atoms with Gasteiger partial charge in [-0.3, -0.25) is 4.79 Å². The van der Waals surface area contributed by atoms with E-state index in [4.69, 9.17) is 15.2 Å². The van der Waals surface area contributed by atoms with Crippen LogP contribution in [0.25, 0.3) is 10.9 Å². The van der Waals surface area contributed by atoms with Gasteiger partial charge >= 0.3 is 0 Å².